The van der Waals surface area contributed by atoms with Crippen molar-refractivity contribution < 1.29 is 17.9 Å². The van der Waals surface area contributed by atoms with Crippen LogP contribution in [0.1, 0.15) is 11.1 Å². The molecule has 31 heavy (non-hydrogen) atoms. The van der Waals surface area contributed by atoms with E-state index in [9.17, 15) is 13.2 Å². The Hall–Kier alpha value is -2.98. The number of aryl methyl sites for hydroxylation is 2. The second-order valence-corrected chi connectivity index (χ2v) is 9.61. The minimum absolute atomic E-state index is 0.0645. The number of methoxy groups -OCH3 is 1. The number of nitrogens with zero attached hydrogens (tertiary/aromatic N) is 2. The third-order valence-electron chi connectivity index (χ3n) is 4.71. The molecule has 0 radical (unpaired) electrons. The van der Waals surface area contributed by atoms with E-state index < -0.39 is 9.84 Å². The van der Waals surface area contributed by atoms with Crippen molar-refractivity contribution in [1.29, 1.82) is 0 Å². The van der Waals surface area contributed by atoms with Gasteiger partial charge in [-0.05, 0) is 61.6 Å². The molecule has 1 amide bonds. The number of carbonyl (C=O) groups is 1. The molecule has 0 aliphatic rings. The summed E-state index contributed by atoms with van der Waals surface area (Å²) in [6.45, 7) is 3.61. The molecular formula is C21H24N4O4S2. The fourth-order valence-corrected chi connectivity index (χ4v) is 5.44. The number of rotatable bonds is 7. The van der Waals surface area contributed by atoms with Crippen LogP contribution < -0.4 is 15.8 Å². The smallest absolute Gasteiger partial charge is 0.246 e. The van der Waals surface area contributed by atoms with E-state index in [1.54, 1.807) is 18.4 Å². The minimum Gasteiger partial charge on any atom is -0.497 e. The van der Waals surface area contributed by atoms with Gasteiger partial charge in [-0.2, -0.15) is 5.10 Å². The molecule has 0 unspecified atom stereocenters. The lowest BCUT2D eigenvalue weighted by Gasteiger charge is -2.10. The number of amides is 1. The number of aromatic nitrogens is 2. The maximum Gasteiger partial charge on any atom is 0.246 e. The van der Waals surface area contributed by atoms with Crippen LogP contribution in [0.15, 0.2) is 57.3 Å². The van der Waals surface area contributed by atoms with Gasteiger partial charge < -0.3 is 15.8 Å². The van der Waals surface area contributed by atoms with Crippen molar-refractivity contribution in [2.24, 2.45) is 0 Å². The van der Waals surface area contributed by atoms with Crippen molar-refractivity contribution in [2.45, 2.75) is 35.2 Å². The highest BCUT2D eigenvalue weighted by Crippen LogP contribution is 2.34. The maximum atomic E-state index is 13.2. The summed E-state index contributed by atoms with van der Waals surface area (Å²) in [6.07, 6.45) is 1.70. The summed E-state index contributed by atoms with van der Waals surface area (Å²) in [5.74, 6) is 0.0936. The van der Waals surface area contributed by atoms with Gasteiger partial charge in [0.1, 0.15) is 28.0 Å². The number of hydrogen-bond acceptors (Lipinski definition) is 7. The van der Waals surface area contributed by atoms with E-state index in [1.165, 1.54) is 23.9 Å². The molecule has 0 aliphatic heterocycles. The monoisotopic (exact) mass is 460 g/mol. The van der Waals surface area contributed by atoms with Crippen LogP contribution in [0.4, 0.5) is 11.5 Å². The summed E-state index contributed by atoms with van der Waals surface area (Å²) < 4.78 is 32.7. The van der Waals surface area contributed by atoms with E-state index in [4.69, 9.17) is 10.5 Å². The Bertz CT molecular complexity index is 1220. The Morgan fingerprint density at radius 1 is 1.19 bits per heavy atom. The molecule has 10 heteroatoms. The van der Waals surface area contributed by atoms with Gasteiger partial charge in [0.15, 0.2) is 0 Å². The zero-order valence-corrected chi connectivity index (χ0v) is 19.3. The summed E-state index contributed by atoms with van der Waals surface area (Å²) in [6, 6.07) is 11.8. The molecule has 164 valence electrons. The second kappa shape index (κ2) is 9.03. The largest absolute Gasteiger partial charge is 0.497 e. The van der Waals surface area contributed by atoms with Crippen LogP contribution >= 0.6 is 11.8 Å². The number of sulfone groups is 1. The predicted octanol–water partition coefficient (Wildman–Crippen LogP) is 3.28. The second-order valence-electron chi connectivity index (χ2n) is 6.93. The number of ether oxygens (including phenoxy) is 1. The van der Waals surface area contributed by atoms with Crippen molar-refractivity contribution in [3.63, 3.8) is 0 Å². The Morgan fingerprint density at radius 3 is 2.48 bits per heavy atom. The van der Waals surface area contributed by atoms with Gasteiger partial charge >= 0.3 is 0 Å². The van der Waals surface area contributed by atoms with Crippen LogP contribution in [0.25, 0.3) is 0 Å². The van der Waals surface area contributed by atoms with Gasteiger partial charge in [0.25, 0.3) is 0 Å². The quantitative estimate of drug-likeness (QED) is 0.520. The molecule has 0 bridgehead atoms. The molecule has 3 N–H and O–H groups in total. The van der Waals surface area contributed by atoms with Crippen molar-refractivity contribution in [1.82, 2.24) is 9.78 Å². The molecule has 0 spiro atoms. The average Bonchev–Trinajstić information content (AvgIpc) is 3.06. The first-order chi connectivity index (χ1) is 14.7. The standard InChI is InChI=1S/C21H24N4O4S2/c1-13-5-6-14(2)17(11-13)23-18(26)12-25-20(22)19(21(24-25)30-4)31(27,28)16-9-7-15(29-3)8-10-16/h5-11H,12,22H2,1-4H3,(H,23,26). The highest BCUT2D eigenvalue weighted by molar-refractivity contribution is 7.99. The summed E-state index contributed by atoms with van der Waals surface area (Å²) in [5.41, 5.74) is 8.77. The fourth-order valence-electron chi connectivity index (χ4n) is 3.01. The summed E-state index contributed by atoms with van der Waals surface area (Å²) in [5, 5.41) is 7.33. The van der Waals surface area contributed by atoms with Crippen molar-refractivity contribution in [3.8, 4) is 5.75 Å². The number of nitrogens with one attached hydrogen (secondary N) is 1. The zero-order chi connectivity index (χ0) is 22.8. The van der Waals surface area contributed by atoms with Gasteiger partial charge in [0, 0.05) is 5.69 Å². The van der Waals surface area contributed by atoms with E-state index in [0.29, 0.717) is 11.4 Å². The number of anilines is 2. The average molecular weight is 461 g/mol. The van der Waals surface area contributed by atoms with Crippen LogP contribution in [0, 0.1) is 13.8 Å². The number of benzene rings is 2. The highest BCUT2D eigenvalue weighted by Gasteiger charge is 2.29. The van der Waals surface area contributed by atoms with Crippen molar-refractivity contribution in [3.05, 3.63) is 53.6 Å². The number of hydrogen-bond donors (Lipinski definition) is 2. The lowest BCUT2D eigenvalue weighted by atomic mass is 10.1. The minimum atomic E-state index is -3.94. The first-order valence-corrected chi connectivity index (χ1v) is 12.0. The summed E-state index contributed by atoms with van der Waals surface area (Å²) in [4.78, 5) is 12.6. The molecule has 8 nitrogen and oxygen atoms in total. The van der Waals surface area contributed by atoms with Gasteiger partial charge in [-0.3, -0.25) is 4.79 Å². The third kappa shape index (κ3) is 4.70. The third-order valence-corrected chi connectivity index (χ3v) is 7.34. The Morgan fingerprint density at radius 2 is 1.87 bits per heavy atom. The van der Waals surface area contributed by atoms with Gasteiger partial charge in [0.2, 0.25) is 15.7 Å². The Labute approximate surface area is 185 Å². The van der Waals surface area contributed by atoms with Gasteiger partial charge in [-0.1, -0.05) is 12.1 Å². The lowest BCUT2D eigenvalue weighted by Crippen LogP contribution is -2.21. The van der Waals surface area contributed by atoms with Gasteiger partial charge in [-0.15, -0.1) is 11.8 Å². The molecule has 0 saturated heterocycles. The molecule has 2 aromatic carbocycles. The first kappa shape index (κ1) is 22.7. The molecule has 0 fully saturated rings. The van der Waals surface area contributed by atoms with Crippen LogP contribution in [-0.4, -0.2) is 37.5 Å². The van der Waals surface area contributed by atoms with Crippen LogP contribution in [0.3, 0.4) is 0 Å². The summed E-state index contributed by atoms with van der Waals surface area (Å²) >= 11 is 1.15. The predicted molar refractivity (Wildman–Crippen MR) is 121 cm³/mol. The normalized spacial score (nSPS) is 11.4. The van der Waals surface area contributed by atoms with Crippen LogP contribution in [0.5, 0.6) is 5.75 Å². The van der Waals surface area contributed by atoms with E-state index in [-0.39, 0.29) is 33.1 Å². The maximum absolute atomic E-state index is 13.2. The molecule has 0 saturated carbocycles. The number of nitrogens with two attached hydrogens (primary N) is 1. The number of carbonyl (C=O) groups excluding carboxylic acids is 1. The van der Waals surface area contributed by atoms with Crippen molar-refractivity contribution in [2.75, 3.05) is 24.4 Å². The topological polar surface area (TPSA) is 116 Å². The SMILES string of the molecule is COc1ccc(S(=O)(=O)c2c(SC)nn(CC(=O)Nc3cc(C)ccc3C)c2N)cc1. The molecule has 3 aromatic rings. The fraction of sp³-hybridized carbons (Fsp3) is 0.238. The highest BCUT2D eigenvalue weighted by atomic mass is 32.2. The number of thioether (sulfide) groups is 1. The van der Waals surface area contributed by atoms with E-state index in [1.807, 2.05) is 32.0 Å². The molecule has 1 heterocycles. The lowest BCUT2D eigenvalue weighted by molar-refractivity contribution is -0.116. The number of nitrogen functional groups attached to an aromatic ring is 1. The van der Waals surface area contributed by atoms with Crippen LogP contribution in [0.2, 0.25) is 0 Å². The molecule has 0 aliphatic carbocycles. The van der Waals surface area contributed by atoms with E-state index in [2.05, 4.69) is 10.4 Å². The molecule has 1 aromatic heterocycles. The van der Waals surface area contributed by atoms with Gasteiger partial charge in [-0.25, -0.2) is 13.1 Å². The molecule has 3 rings (SSSR count). The van der Waals surface area contributed by atoms with Crippen molar-refractivity contribution >= 4 is 39.0 Å². The van der Waals surface area contributed by atoms with E-state index in [0.717, 1.165) is 22.9 Å². The Kier molecular flexibility index (Phi) is 6.61. The van der Waals surface area contributed by atoms with Gasteiger partial charge in [0.05, 0.1) is 12.0 Å². The Balaban J connectivity index is 1.92. The molecule has 0 atom stereocenters. The summed E-state index contributed by atoms with van der Waals surface area (Å²) in [7, 11) is -2.44. The first-order valence-electron chi connectivity index (χ1n) is 9.34. The molecular weight excluding hydrogens is 436 g/mol. The van der Waals surface area contributed by atoms with E-state index >= 15 is 0 Å². The van der Waals surface area contributed by atoms with Crippen LogP contribution in [-0.2, 0) is 21.2 Å². The zero-order valence-electron chi connectivity index (χ0n) is 17.7.